The van der Waals surface area contributed by atoms with E-state index in [0.29, 0.717) is 11.6 Å². The van der Waals surface area contributed by atoms with Gasteiger partial charge < -0.3 is 9.64 Å². The summed E-state index contributed by atoms with van der Waals surface area (Å²) in [6.07, 6.45) is 8.21. The molecule has 5 rings (SSSR count). The zero-order valence-electron chi connectivity index (χ0n) is 21.2. The van der Waals surface area contributed by atoms with Gasteiger partial charge in [-0.05, 0) is 48.7 Å². The number of aromatic nitrogens is 2. The summed E-state index contributed by atoms with van der Waals surface area (Å²) in [6.45, 7) is 11.3. The Bertz CT molecular complexity index is 1330. The molecule has 38 heavy (non-hydrogen) atoms. The van der Waals surface area contributed by atoms with Crippen molar-refractivity contribution in [3.05, 3.63) is 84.1 Å². The number of benzene rings is 1. The van der Waals surface area contributed by atoms with Gasteiger partial charge in [0.2, 0.25) is 15.9 Å². The molecule has 2 aliphatic rings. The van der Waals surface area contributed by atoms with Crippen LogP contribution in [-0.2, 0) is 16.6 Å². The van der Waals surface area contributed by atoms with Crippen molar-refractivity contribution < 1.29 is 13.2 Å². The maximum Gasteiger partial charge on any atom is 0.242 e. The molecule has 3 aromatic rings. The third-order valence-electron chi connectivity index (χ3n) is 7.16. The topological polar surface area (TPSA) is 92.0 Å². The number of rotatable bonds is 8. The van der Waals surface area contributed by atoms with Crippen molar-refractivity contribution in [2.75, 3.05) is 31.1 Å². The zero-order valence-corrected chi connectivity index (χ0v) is 22.1. The van der Waals surface area contributed by atoms with Gasteiger partial charge in [0, 0.05) is 75.8 Å². The van der Waals surface area contributed by atoms with Gasteiger partial charge in [0.25, 0.3) is 0 Å². The fourth-order valence-corrected chi connectivity index (χ4v) is 6.23. The highest BCUT2D eigenvalue weighted by molar-refractivity contribution is 7.89. The van der Waals surface area contributed by atoms with Crippen molar-refractivity contribution in [2.45, 2.75) is 49.3 Å². The number of hydrogen-bond acceptors (Lipinski definition) is 7. The average molecular weight is 533 g/mol. The molecule has 0 saturated carbocycles. The van der Waals surface area contributed by atoms with Gasteiger partial charge >= 0.3 is 0 Å². The van der Waals surface area contributed by atoms with Crippen molar-refractivity contribution >= 4 is 21.4 Å². The van der Waals surface area contributed by atoms with E-state index in [-0.39, 0.29) is 17.0 Å². The van der Waals surface area contributed by atoms with Crippen LogP contribution >= 0.6 is 0 Å². The standard InChI is InChI=1S/C28H32N6O3S/c1-29-23-2-4-25(5-3-23)34-18-12-26(13-19-34)37-28-7-6-27(20-31-28)38(35,36)32-24-10-16-33(17-11-24)21-22-8-14-30-15-9-22/h2-9,14-15,20,24,26,32H,10-13,16-19,21H2. The van der Waals surface area contributed by atoms with Gasteiger partial charge in [-0.15, -0.1) is 0 Å². The number of nitrogens with zero attached hydrogens (tertiary/aromatic N) is 5. The van der Waals surface area contributed by atoms with E-state index in [1.54, 1.807) is 24.5 Å². The molecule has 198 valence electrons. The molecule has 0 radical (unpaired) electrons. The average Bonchev–Trinajstić information content (AvgIpc) is 2.95. The van der Waals surface area contributed by atoms with Crippen molar-refractivity contribution in [3.8, 4) is 5.88 Å². The van der Waals surface area contributed by atoms with Gasteiger partial charge in [0.05, 0.1) is 12.8 Å². The number of nitrogens with one attached hydrogen (secondary N) is 1. The minimum absolute atomic E-state index is 0.0270. The molecule has 0 atom stereocenters. The number of ether oxygens (including phenoxy) is 1. The normalized spacial score (nSPS) is 17.7. The molecule has 1 aromatic carbocycles. The van der Waals surface area contributed by atoms with Crippen LogP contribution in [0.15, 0.2) is 72.0 Å². The molecule has 2 aliphatic heterocycles. The lowest BCUT2D eigenvalue weighted by Gasteiger charge is -2.33. The van der Waals surface area contributed by atoms with E-state index in [1.165, 1.54) is 11.8 Å². The minimum Gasteiger partial charge on any atom is -0.474 e. The molecule has 1 N–H and O–H groups in total. The Kier molecular flexibility index (Phi) is 8.17. The highest BCUT2D eigenvalue weighted by Crippen LogP contribution is 2.25. The molecule has 0 bridgehead atoms. The molecule has 0 unspecified atom stereocenters. The monoisotopic (exact) mass is 532 g/mol. The smallest absolute Gasteiger partial charge is 0.242 e. The van der Waals surface area contributed by atoms with Crippen molar-refractivity contribution in [1.29, 1.82) is 0 Å². The van der Waals surface area contributed by atoms with Gasteiger partial charge in [-0.25, -0.2) is 23.0 Å². The zero-order chi connectivity index (χ0) is 26.4. The molecule has 0 amide bonds. The highest BCUT2D eigenvalue weighted by atomic mass is 32.2. The van der Waals surface area contributed by atoms with E-state index >= 15 is 0 Å². The quantitative estimate of drug-likeness (QED) is 0.438. The number of pyridine rings is 2. The molecule has 2 aromatic heterocycles. The first kappa shape index (κ1) is 26.1. The van der Waals surface area contributed by atoms with E-state index in [4.69, 9.17) is 11.3 Å². The molecule has 2 saturated heterocycles. The van der Waals surface area contributed by atoms with Crippen LogP contribution in [0.4, 0.5) is 11.4 Å². The molecule has 0 spiro atoms. The molecule has 2 fully saturated rings. The number of piperidine rings is 2. The number of anilines is 1. The second kappa shape index (κ2) is 11.9. The molecule has 0 aliphatic carbocycles. The SMILES string of the molecule is [C-]#[N+]c1ccc(N2CCC(Oc3ccc(S(=O)(=O)NC4CCN(Cc5ccncc5)CC4)cn3)CC2)cc1. The Hall–Kier alpha value is -3.52. The molecular formula is C28H32N6O3S. The van der Waals surface area contributed by atoms with Crippen LogP contribution in [0.1, 0.15) is 31.2 Å². The lowest BCUT2D eigenvalue weighted by Crippen LogP contribution is -2.44. The van der Waals surface area contributed by atoms with Crippen LogP contribution in [0, 0.1) is 6.57 Å². The first-order valence-corrected chi connectivity index (χ1v) is 14.5. The van der Waals surface area contributed by atoms with E-state index in [1.807, 2.05) is 36.4 Å². The summed E-state index contributed by atoms with van der Waals surface area (Å²) in [7, 11) is -3.65. The maximum absolute atomic E-state index is 13.0. The highest BCUT2D eigenvalue weighted by Gasteiger charge is 2.26. The van der Waals surface area contributed by atoms with Crippen LogP contribution in [0.2, 0.25) is 0 Å². The maximum atomic E-state index is 13.0. The van der Waals surface area contributed by atoms with Crippen molar-refractivity contribution in [1.82, 2.24) is 19.6 Å². The van der Waals surface area contributed by atoms with Crippen LogP contribution in [0.5, 0.6) is 5.88 Å². The van der Waals surface area contributed by atoms with Gasteiger partial charge in [-0.1, -0.05) is 12.1 Å². The van der Waals surface area contributed by atoms with Crippen molar-refractivity contribution in [3.63, 3.8) is 0 Å². The molecule has 4 heterocycles. The second-order valence-corrected chi connectivity index (χ2v) is 11.5. The molecule has 9 nitrogen and oxygen atoms in total. The van der Waals surface area contributed by atoms with Crippen LogP contribution in [0.25, 0.3) is 4.85 Å². The van der Waals surface area contributed by atoms with Crippen LogP contribution in [-0.4, -0.2) is 61.6 Å². The summed E-state index contributed by atoms with van der Waals surface area (Å²) in [5.74, 6) is 0.438. The first-order valence-electron chi connectivity index (χ1n) is 13.0. The summed E-state index contributed by atoms with van der Waals surface area (Å²) in [4.78, 5) is 16.6. The summed E-state index contributed by atoms with van der Waals surface area (Å²) in [6, 6.07) is 14.8. The Balaban J connectivity index is 1.08. The van der Waals surface area contributed by atoms with E-state index in [0.717, 1.165) is 64.1 Å². The summed E-state index contributed by atoms with van der Waals surface area (Å²) in [5.41, 5.74) is 2.96. The molecular weight excluding hydrogens is 500 g/mol. The largest absolute Gasteiger partial charge is 0.474 e. The van der Waals surface area contributed by atoms with Crippen LogP contribution in [0.3, 0.4) is 0 Å². The number of likely N-dealkylation sites (tertiary alicyclic amines) is 1. The van der Waals surface area contributed by atoms with Gasteiger partial charge in [-0.3, -0.25) is 9.88 Å². The number of hydrogen-bond donors (Lipinski definition) is 1. The summed E-state index contributed by atoms with van der Waals surface area (Å²) < 4.78 is 34.8. The van der Waals surface area contributed by atoms with Gasteiger partial charge in [0.1, 0.15) is 11.0 Å². The van der Waals surface area contributed by atoms with Crippen molar-refractivity contribution in [2.24, 2.45) is 0 Å². The van der Waals surface area contributed by atoms with E-state index in [9.17, 15) is 8.42 Å². The molecule has 10 heteroatoms. The minimum atomic E-state index is -3.65. The summed E-state index contributed by atoms with van der Waals surface area (Å²) >= 11 is 0. The Morgan fingerprint density at radius 2 is 1.66 bits per heavy atom. The first-order chi connectivity index (χ1) is 18.5. The van der Waals surface area contributed by atoms with E-state index < -0.39 is 10.0 Å². The predicted molar refractivity (Wildman–Crippen MR) is 146 cm³/mol. The van der Waals surface area contributed by atoms with Gasteiger partial charge in [-0.2, -0.15) is 0 Å². The summed E-state index contributed by atoms with van der Waals surface area (Å²) in [5, 5.41) is 0. The third kappa shape index (κ3) is 6.67. The fraction of sp³-hybridized carbons (Fsp3) is 0.393. The predicted octanol–water partition coefficient (Wildman–Crippen LogP) is 4.02. The van der Waals surface area contributed by atoms with Crippen LogP contribution < -0.4 is 14.4 Å². The number of sulfonamides is 1. The Morgan fingerprint density at radius 1 is 0.947 bits per heavy atom. The fourth-order valence-electron chi connectivity index (χ4n) is 4.98. The lowest BCUT2D eigenvalue weighted by atomic mass is 10.1. The lowest BCUT2D eigenvalue weighted by molar-refractivity contribution is 0.164. The van der Waals surface area contributed by atoms with Gasteiger partial charge in [0.15, 0.2) is 5.69 Å². The second-order valence-electron chi connectivity index (χ2n) is 9.79. The third-order valence-corrected chi connectivity index (χ3v) is 8.66. The Labute approximate surface area is 224 Å². The Morgan fingerprint density at radius 3 is 2.29 bits per heavy atom. The van der Waals surface area contributed by atoms with E-state index in [2.05, 4.69) is 29.3 Å².